The number of benzene rings is 1. The van der Waals surface area contributed by atoms with Gasteiger partial charge in [0.05, 0.1) is 11.0 Å². The van der Waals surface area contributed by atoms with Crippen molar-refractivity contribution >= 4 is 22.9 Å². The summed E-state index contributed by atoms with van der Waals surface area (Å²) in [6.07, 6.45) is 2.73. The van der Waals surface area contributed by atoms with Crippen LogP contribution in [0.1, 0.15) is 20.3 Å². The van der Waals surface area contributed by atoms with E-state index in [4.69, 9.17) is 0 Å². The predicted octanol–water partition coefficient (Wildman–Crippen LogP) is 2.86. The Morgan fingerprint density at radius 1 is 1.47 bits per heavy atom. The van der Waals surface area contributed by atoms with Crippen LogP contribution in [0.3, 0.4) is 0 Å². The van der Waals surface area contributed by atoms with Gasteiger partial charge in [-0.2, -0.15) is 0 Å². The van der Waals surface area contributed by atoms with Gasteiger partial charge in [-0.25, -0.2) is 4.98 Å². The predicted molar refractivity (Wildman–Crippen MR) is 68.8 cm³/mol. The van der Waals surface area contributed by atoms with E-state index in [2.05, 4.69) is 15.3 Å². The molecular weight excluding hydrogens is 214 g/mol. The van der Waals surface area contributed by atoms with Crippen molar-refractivity contribution < 1.29 is 4.79 Å². The van der Waals surface area contributed by atoms with Gasteiger partial charge in [0.2, 0.25) is 5.95 Å². The molecule has 0 saturated carbocycles. The number of imidazole rings is 1. The minimum absolute atomic E-state index is 0.120. The van der Waals surface area contributed by atoms with Gasteiger partial charge >= 0.3 is 0 Å². The lowest BCUT2D eigenvalue weighted by Crippen LogP contribution is -2.13. The summed E-state index contributed by atoms with van der Waals surface area (Å²) >= 11 is 0. The molecule has 0 aliphatic carbocycles. The number of rotatable bonds is 3. The van der Waals surface area contributed by atoms with Crippen LogP contribution < -0.4 is 5.32 Å². The van der Waals surface area contributed by atoms with E-state index in [0.717, 1.165) is 17.5 Å². The van der Waals surface area contributed by atoms with Crippen LogP contribution in [0.25, 0.3) is 11.0 Å². The Hall–Kier alpha value is -2.10. The number of allylic oxidation sites excluding steroid dienone is 1. The Bertz CT molecular complexity index is 536. The van der Waals surface area contributed by atoms with Gasteiger partial charge in [-0.3, -0.25) is 10.1 Å². The topological polar surface area (TPSA) is 57.8 Å². The second-order valence-corrected chi connectivity index (χ2v) is 3.85. The number of hydrogen-bond donors (Lipinski definition) is 2. The maximum atomic E-state index is 11.7. The summed E-state index contributed by atoms with van der Waals surface area (Å²) in [5.41, 5.74) is 2.47. The quantitative estimate of drug-likeness (QED) is 0.795. The molecule has 0 aliphatic heterocycles. The minimum atomic E-state index is -0.120. The highest BCUT2D eigenvalue weighted by atomic mass is 16.1. The Balaban J connectivity index is 2.19. The van der Waals surface area contributed by atoms with Gasteiger partial charge in [-0.1, -0.05) is 25.1 Å². The zero-order valence-electron chi connectivity index (χ0n) is 9.95. The molecule has 2 N–H and O–H groups in total. The normalized spacial score (nSPS) is 11.8. The standard InChI is InChI=1S/C13H15N3O/c1-3-6-9(2)12(17)16-13-14-10-7-4-5-8-11(10)15-13/h4-8H,3H2,1-2H3,(H2,14,15,16,17). The zero-order chi connectivity index (χ0) is 12.3. The zero-order valence-corrected chi connectivity index (χ0v) is 9.95. The van der Waals surface area contributed by atoms with E-state index in [1.54, 1.807) is 6.92 Å². The molecule has 4 nitrogen and oxygen atoms in total. The Kier molecular flexibility index (Phi) is 3.23. The third kappa shape index (κ3) is 2.53. The first-order valence-corrected chi connectivity index (χ1v) is 5.63. The minimum Gasteiger partial charge on any atom is -0.324 e. The van der Waals surface area contributed by atoms with E-state index in [1.165, 1.54) is 0 Å². The molecule has 2 rings (SSSR count). The molecule has 4 heteroatoms. The molecule has 1 amide bonds. The van der Waals surface area contributed by atoms with Crippen molar-refractivity contribution in [1.82, 2.24) is 9.97 Å². The highest BCUT2D eigenvalue weighted by Crippen LogP contribution is 2.13. The highest BCUT2D eigenvalue weighted by molar-refractivity contribution is 6.02. The summed E-state index contributed by atoms with van der Waals surface area (Å²) in [7, 11) is 0. The first-order valence-electron chi connectivity index (χ1n) is 5.63. The van der Waals surface area contributed by atoms with Crippen molar-refractivity contribution in [1.29, 1.82) is 0 Å². The second-order valence-electron chi connectivity index (χ2n) is 3.85. The Morgan fingerprint density at radius 3 is 2.94 bits per heavy atom. The summed E-state index contributed by atoms with van der Waals surface area (Å²) in [4.78, 5) is 19.1. The maximum Gasteiger partial charge on any atom is 0.253 e. The number of hydrogen-bond acceptors (Lipinski definition) is 2. The van der Waals surface area contributed by atoms with Gasteiger partial charge in [0.15, 0.2) is 0 Å². The largest absolute Gasteiger partial charge is 0.324 e. The number of nitrogens with one attached hydrogen (secondary N) is 2. The van der Waals surface area contributed by atoms with Crippen molar-refractivity contribution in [3.05, 3.63) is 35.9 Å². The molecule has 88 valence electrons. The van der Waals surface area contributed by atoms with Gasteiger partial charge in [0.25, 0.3) is 5.91 Å². The maximum absolute atomic E-state index is 11.7. The summed E-state index contributed by atoms with van der Waals surface area (Å²) in [6.45, 7) is 3.79. The molecule has 0 aliphatic rings. The lowest BCUT2D eigenvalue weighted by Gasteiger charge is -2.00. The Labute approximate surface area is 99.8 Å². The van der Waals surface area contributed by atoms with E-state index in [0.29, 0.717) is 11.5 Å². The lowest BCUT2D eigenvalue weighted by atomic mass is 10.2. The third-order valence-electron chi connectivity index (χ3n) is 2.49. The van der Waals surface area contributed by atoms with E-state index < -0.39 is 0 Å². The number of H-pyrrole nitrogens is 1. The molecule has 17 heavy (non-hydrogen) atoms. The van der Waals surface area contributed by atoms with Gasteiger partial charge in [-0.05, 0) is 25.5 Å². The molecule has 0 atom stereocenters. The molecule has 2 aromatic rings. The van der Waals surface area contributed by atoms with Crippen LogP contribution in [0.4, 0.5) is 5.95 Å². The molecule has 0 bridgehead atoms. The van der Waals surface area contributed by atoms with Crippen molar-refractivity contribution in [3.63, 3.8) is 0 Å². The molecule has 1 aromatic carbocycles. The molecule has 0 spiro atoms. The SMILES string of the molecule is CCC=C(C)C(=O)Nc1nc2ccccc2[nH]1. The van der Waals surface area contributed by atoms with Crippen LogP contribution in [0.15, 0.2) is 35.9 Å². The van der Waals surface area contributed by atoms with Crippen LogP contribution in [0.5, 0.6) is 0 Å². The molecule has 0 unspecified atom stereocenters. The number of carbonyl (C=O) groups is 1. The van der Waals surface area contributed by atoms with Crippen molar-refractivity contribution in [2.75, 3.05) is 5.32 Å². The number of aromatic amines is 1. The van der Waals surface area contributed by atoms with Crippen molar-refractivity contribution in [3.8, 4) is 0 Å². The van der Waals surface area contributed by atoms with Gasteiger partial charge in [-0.15, -0.1) is 0 Å². The summed E-state index contributed by atoms with van der Waals surface area (Å²) < 4.78 is 0. The molecular formula is C13H15N3O. The average molecular weight is 229 g/mol. The summed E-state index contributed by atoms with van der Waals surface area (Å²) in [5, 5.41) is 2.74. The number of para-hydroxylation sites is 2. The van der Waals surface area contributed by atoms with Crippen LogP contribution in [0, 0.1) is 0 Å². The Morgan fingerprint density at radius 2 is 2.24 bits per heavy atom. The first-order chi connectivity index (χ1) is 8.20. The first kappa shape index (κ1) is 11.4. The fraction of sp³-hybridized carbons (Fsp3) is 0.231. The third-order valence-corrected chi connectivity index (χ3v) is 2.49. The number of anilines is 1. The molecule has 1 aromatic heterocycles. The highest BCUT2D eigenvalue weighted by Gasteiger charge is 2.07. The number of carbonyl (C=O) groups excluding carboxylic acids is 1. The molecule has 0 fully saturated rings. The van der Waals surface area contributed by atoms with Gasteiger partial charge in [0.1, 0.15) is 0 Å². The fourth-order valence-corrected chi connectivity index (χ4v) is 1.62. The van der Waals surface area contributed by atoms with Gasteiger partial charge < -0.3 is 4.98 Å². The number of nitrogens with zero attached hydrogens (tertiary/aromatic N) is 1. The van der Waals surface area contributed by atoms with Crippen LogP contribution in [0.2, 0.25) is 0 Å². The van der Waals surface area contributed by atoms with E-state index in [-0.39, 0.29) is 5.91 Å². The number of fused-ring (bicyclic) bond motifs is 1. The van der Waals surface area contributed by atoms with Crippen LogP contribution in [-0.2, 0) is 4.79 Å². The summed E-state index contributed by atoms with van der Waals surface area (Å²) in [6, 6.07) is 7.66. The van der Waals surface area contributed by atoms with E-state index in [9.17, 15) is 4.79 Å². The summed E-state index contributed by atoms with van der Waals surface area (Å²) in [5.74, 6) is 0.367. The average Bonchev–Trinajstić information content (AvgIpc) is 2.71. The molecule has 0 saturated heterocycles. The smallest absolute Gasteiger partial charge is 0.253 e. The van der Waals surface area contributed by atoms with Crippen LogP contribution >= 0.6 is 0 Å². The van der Waals surface area contributed by atoms with Crippen molar-refractivity contribution in [2.24, 2.45) is 0 Å². The van der Waals surface area contributed by atoms with E-state index >= 15 is 0 Å². The second kappa shape index (κ2) is 4.82. The number of aromatic nitrogens is 2. The lowest BCUT2D eigenvalue weighted by molar-refractivity contribution is -0.112. The number of amides is 1. The monoisotopic (exact) mass is 229 g/mol. The molecule has 0 radical (unpaired) electrons. The fourth-order valence-electron chi connectivity index (χ4n) is 1.62. The van der Waals surface area contributed by atoms with Crippen LogP contribution in [-0.4, -0.2) is 15.9 Å². The van der Waals surface area contributed by atoms with Crippen molar-refractivity contribution in [2.45, 2.75) is 20.3 Å². The molecule has 1 heterocycles. The van der Waals surface area contributed by atoms with E-state index in [1.807, 2.05) is 37.3 Å². The van der Waals surface area contributed by atoms with Gasteiger partial charge in [0, 0.05) is 5.57 Å².